The molecule has 1 N–H and O–H groups in total. The van der Waals surface area contributed by atoms with E-state index in [9.17, 15) is 0 Å². The summed E-state index contributed by atoms with van der Waals surface area (Å²) in [7, 11) is 0. The van der Waals surface area contributed by atoms with Crippen LogP contribution in [0.3, 0.4) is 0 Å². The summed E-state index contributed by atoms with van der Waals surface area (Å²) in [5, 5.41) is 3.46. The zero-order valence-electron chi connectivity index (χ0n) is 12.5. The monoisotopic (exact) mass is 262 g/mol. The van der Waals surface area contributed by atoms with Crippen LogP contribution in [-0.4, -0.2) is 29.6 Å². The van der Waals surface area contributed by atoms with E-state index in [4.69, 9.17) is 9.97 Å². The smallest absolute Gasteiger partial charge is 0.227 e. The van der Waals surface area contributed by atoms with Crippen molar-refractivity contribution in [3.8, 4) is 0 Å². The summed E-state index contributed by atoms with van der Waals surface area (Å²) in [6.07, 6.45) is 5.96. The Hall–Kier alpha value is -1.32. The molecule has 0 spiro atoms. The Morgan fingerprint density at radius 2 is 1.84 bits per heavy atom. The lowest BCUT2D eigenvalue weighted by atomic mass is 10.1. The van der Waals surface area contributed by atoms with Crippen LogP contribution in [-0.2, 0) is 6.42 Å². The molecule has 1 saturated heterocycles. The second-order valence-electron chi connectivity index (χ2n) is 5.26. The SMILES string of the molecule is CCCNc1nc(N2CCCCC2)nc(C)c1CC. The van der Waals surface area contributed by atoms with Crippen LogP contribution in [0.15, 0.2) is 0 Å². The predicted octanol–water partition coefficient (Wildman–Crippen LogP) is 3.16. The molecule has 0 aromatic carbocycles. The quantitative estimate of drug-likeness (QED) is 0.885. The van der Waals surface area contributed by atoms with Crippen LogP contribution in [0.25, 0.3) is 0 Å². The van der Waals surface area contributed by atoms with Crippen LogP contribution < -0.4 is 10.2 Å². The standard InChI is InChI=1S/C15H26N4/c1-4-9-16-14-13(5-2)12(3)17-15(18-14)19-10-7-6-8-11-19/h4-11H2,1-3H3,(H,16,17,18). The van der Waals surface area contributed by atoms with Crippen molar-refractivity contribution in [3.63, 3.8) is 0 Å². The number of hydrogen-bond donors (Lipinski definition) is 1. The van der Waals surface area contributed by atoms with E-state index in [0.717, 1.165) is 49.9 Å². The minimum absolute atomic E-state index is 0.910. The third-order valence-electron chi connectivity index (χ3n) is 3.74. The number of nitrogens with one attached hydrogen (secondary N) is 1. The summed E-state index contributed by atoms with van der Waals surface area (Å²) in [6.45, 7) is 9.62. The second kappa shape index (κ2) is 6.73. The highest BCUT2D eigenvalue weighted by Gasteiger charge is 2.17. The molecule has 19 heavy (non-hydrogen) atoms. The zero-order chi connectivity index (χ0) is 13.7. The Kier molecular flexibility index (Phi) is 5.00. The molecular weight excluding hydrogens is 236 g/mol. The Morgan fingerprint density at radius 1 is 1.11 bits per heavy atom. The molecule has 4 nitrogen and oxygen atoms in total. The molecule has 2 rings (SSSR count). The number of hydrogen-bond acceptors (Lipinski definition) is 4. The molecule has 2 heterocycles. The lowest BCUT2D eigenvalue weighted by molar-refractivity contribution is 0.567. The Balaban J connectivity index is 2.26. The van der Waals surface area contributed by atoms with Crippen LogP contribution in [0.2, 0.25) is 0 Å². The van der Waals surface area contributed by atoms with Crippen molar-refractivity contribution >= 4 is 11.8 Å². The molecule has 4 heteroatoms. The average Bonchev–Trinajstić information content (AvgIpc) is 2.45. The topological polar surface area (TPSA) is 41.1 Å². The molecular formula is C15H26N4. The first-order chi connectivity index (χ1) is 9.26. The lowest BCUT2D eigenvalue weighted by Crippen LogP contribution is -2.31. The highest BCUT2D eigenvalue weighted by molar-refractivity contribution is 5.51. The molecule has 106 valence electrons. The Bertz CT molecular complexity index is 411. The molecule has 1 aliphatic rings. The van der Waals surface area contributed by atoms with Gasteiger partial charge in [-0.3, -0.25) is 0 Å². The van der Waals surface area contributed by atoms with Crippen molar-refractivity contribution in [2.24, 2.45) is 0 Å². The molecule has 0 amide bonds. The van der Waals surface area contributed by atoms with Crippen molar-refractivity contribution in [1.82, 2.24) is 9.97 Å². The molecule has 0 atom stereocenters. The van der Waals surface area contributed by atoms with Crippen molar-refractivity contribution in [2.45, 2.75) is 52.9 Å². The van der Waals surface area contributed by atoms with Crippen LogP contribution in [0.4, 0.5) is 11.8 Å². The summed E-state index contributed by atoms with van der Waals surface area (Å²) < 4.78 is 0. The highest BCUT2D eigenvalue weighted by atomic mass is 15.3. The van der Waals surface area contributed by atoms with Gasteiger partial charge in [0.1, 0.15) is 5.82 Å². The maximum atomic E-state index is 4.77. The van der Waals surface area contributed by atoms with Crippen molar-refractivity contribution in [2.75, 3.05) is 29.9 Å². The van der Waals surface area contributed by atoms with Gasteiger partial charge in [-0.25, -0.2) is 4.98 Å². The van der Waals surface area contributed by atoms with Gasteiger partial charge in [0.2, 0.25) is 5.95 Å². The molecule has 1 fully saturated rings. The molecule has 1 aromatic heterocycles. The fourth-order valence-electron chi connectivity index (χ4n) is 2.63. The minimum atomic E-state index is 0.910. The first-order valence-electron chi connectivity index (χ1n) is 7.62. The zero-order valence-corrected chi connectivity index (χ0v) is 12.5. The fraction of sp³-hybridized carbons (Fsp3) is 0.733. The van der Waals surface area contributed by atoms with Gasteiger partial charge >= 0.3 is 0 Å². The summed E-state index contributed by atoms with van der Waals surface area (Å²) in [5.74, 6) is 1.95. The number of aromatic nitrogens is 2. The van der Waals surface area contributed by atoms with Crippen molar-refractivity contribution in [1.29, 1.82) is 0 Å². The van der Waals surface area contributed by atoms with E-state index in [1.165, 1.54) is 24.8 Å². The molecule has 1 aromatic rings. The average molecular weight is 262 g/mol. The van der Waals surface area contributed by atoms with E-state index in [0.29, 0.717) is 0 Å². The van der Waals surface area contributed by atoms with Crippen molar-refractivity contribution < 1.29 is 0 Å². The van der Waals surface area contributed by atoms with E-state index in [-0.39, 0.29) is 0 Å². The minimum Gasteiger partial charge on any atom is -0.370 e. The summed E-state index contributed by atoms with van der Waals surface area (Å²) in [6, 6.07) is 0. The first-order valence-corrected chi connectivity index (χ1v) is 7.62. The van der Waals surface area contributed by atoms with Crippen LogP contribution in [0, 0.1) is 6.92 Å². The van der Waals surface area contributed by atoms with Crippen LogP contribution >= 0.6 is 0 Å². The maximum absolute atomic E-state index is 4.77. The molecule has 0 radical (unpaired) electrons. The number of nitrogens with zero attached hydrogens (tertiary/aromatic N) is 3. The fourth-order valence-corrected chi connectivity index (χ4v) is 2.63. The molecule has 0 unspecified atom stereocenters. The van der Waals surface area contributed by atoms with Crippen molar-refractivity contribution in [3.05, 3.63) is 11.3 Å². The number of anilines is 2. The van der Waals surface area contributed by atoms with Crippen LogP contribution in [0.1, 0.15) is 50.8 Å². The predicted molar refractivity (Wildman–Crippen MR) is 81.0 cm³/mol. The van der Waals surface area contributed by atoms with Gasteiger partial charge in [-0.15, -0.1) is 0 Å². The first kappa shape index (κ1) is 14.1. The molecule has 1 aliphatic heterocycles. The summed E-state index contributed by atoms with van der Waals surface area (Å²) >= 11 is 0. The van der Waals surface area contributed by atoms with E-state index in [1.807, 2.05) is 0 Å². The van der Waals surface area contributed by atoms with Gasteiger partial charge in [0.05, 0.1) is 0 Å². The molecule has 0 saturated carbocycles. The van der Waals surface area contributed by atoms with Gasteiger partial charge < -0.3 is 10.2 Å². The van der Waals surface area contributed by atoms with E-state index in [2.05, 4.69) is 31.0 Å². The molecule has 0 bridgehead atoms. The maximum Gasteiger partial charge on any atom is 0.227 e. The second-order valence-corrected chi connectivity index (χ2v) is 5.26. The number of piperidine rings is 1. The number of aryl methyl sites for hydroxylation is 1. The third-order valence-corrected chi connectivity index (χ3v) is 3.74. The van der Waals surface area contributed by atoms with E-state index >= 15 is 0 Å². The largest absolute Gasteiger partial charge is 0.370 e. The van der Waals surface area contributed by atoms with Crippen LogP contribution in [0.5, 0.6) is 0 Å². The highest BCUT2D eigenvalue weighted by Crippen LogP contribution is 2.23. The summed E-state index contributed by atoms with van der Waals surface area (Å²) in [5.41, 5.74) is 2.38. The third kappa shape index (κ3) is 3.37. The van der Waals surface area contributed by atoms with Gasteiger partial charge in [-0.05, 0) is 39.0 Å². The van der Waals surface area contributed by atoms with Gasteiger partial charge in [-0.2, -0.15) is 4.98 Å². The van der Waals surface area contributed by atoms with Gasteiger partial charge in [0, 0.05) is 30.9 Å². The van der Waals surface area contributed by atoms with Gasteiger partial charge in [0.25, 0.3) is 0 Å². The lowest BCUT2D eigenvalue weighted by Gasteiger charge is -2.27. The normalized spacial score (nSPS) is 15.6. The van der Waals surface area contributed by atoms with E-state index < -0.39 is 0 Å². The Morgan fingerprint density at radius 3 is 2.47 bits per heavy atom. The Labute approximate surface area is 116 Å². The molecule has 0 aliphatic carbocycles. The number of rotatable bonds is 5. The van der Waals surface area contributed by atoms with E-state index in [1.54, 1.807) is 0 Å². The summed E-state index contributed by atoms with van der Waals surface area (Å²) in [4.78, 5) is 11.8. The van der Waals surface area contributed by atoms with Gasteiger partial charge in [0.15, 0.2) is 0 Å². The van der Waals surface area contributed by atoms with Gasteiger partial charge in [-0.1, -0.05) is 13.8 Å².